The van der Waals surface area contributed by atoms with Gasteiger partial charge >= 0.3 is 0 Å². The average molecular weight is 325 g/mol. The summed E-state index contributed by atoms with van der Waals surface area (Å²) in [6.45, 7) is 0. The van der Waals surface area contributed by atoms with Crippen LogP contribution in [0.1, 0.15) is 0 Å². The number of para-hydroxylation sites is 1. The lowest BCUT2D eigenvalue weighted by Gasteiger charge is -2.14. The molecule has 22 heavy (non-hydrogen) atoms. The first kappa shape index (κ1) is 13.4. The van der Waals surface area contributed by atoms with Crippen molar-refractivity contribution in [1.82, 2.24) is 19.5 Å². The van der Waals surface area contributed by atoms with E-state index in [1.807, 2.05) is 42.6 Å². The van der Waals surface area contributed by atoms with Gasteiger partial charge in [-0.15, -0.1) is 0 Å². The van der Waals surface area contributed by atoms with Crippen molar-refractivity contribution in [2.75, 3.05) is 0 Å². The number of rotatable bonds is 1. The molecule has 0 aliphatic heterocycles. The predicted octanol–water partition coefficient (Wildman–Crippen LogP) is 4.30. The van der Waals surface area contributed by atoms with Gasteiger partial charge in [0.1, 0.15) is 5.52 Å². The van der Waals surface area contributed by atoms with Crippen molar-refractivity contribution in [3.05, 3.63) is 65.3 Å². The summed E-state index contributed by atoms with van der Waals surface area (Å²) in [7, 11) is 3.72. The van der Waals surface area contributed by atoms with Gasteiger partial charge in [-0.05, 0) is 29.8 Å². The zero-order valence-electron chi connectivity index (χ0n) is 11.4. The second-order valence-electron chi connectivity index (χ2n) is 4.81. The van der Waals surface area contributed by atoms with Crippen molar-refractivity contribution in [2.45, 2.75) is 0 Å². The Morgan fingerprint density at radius 1 is 1.00 bits per heavy atom. The third-order valence-corrected chi connectivity index (χ3v) is 4.20. The number of nitrogens with zero attached hydrogens (tertiary/aromatic N) is 4. The topological polar surface area (TPSA) is 43.6 Å². The standard InChI is InChI=1S/C16H10ClN4P/c17-16-19-8-12-11-6-7-18-9-13(11)21(15(22)14(12)20-16)10-4-2-1-3-5-10/h1-9,22H. The van der Waals surface area contributed by atoms with E-state index in [0.717, 1.165) is 32.6 Å². The summed E-state index contributed by atoms with van der Waals surface area (Å²) in [5.41, 5.74) is 2.75. The molecule has 1 aromatic carbocycles. The van der Waals surface area contributed by atoms with E-state index in [2.05, 4.69) is 28.4 Å². The summed E-state index contributed by atoms with van der Waals surface area (Å²) in [5.74, 6) is 0. The molecular weight excluding hydrogens is 315 g/mol. The molecule has 0 saturated heterocycles. The largest absolute Gasteiger partial charge is 0.303 e. The van der Waals surface area contributed by atoms with Crippen LogP contribution in [0.2, 0.25) is 5.28 Å². The Balaban J connectivity index is 2.28. The molecule has 4 aromatic rings. The van der Waals surface area contributed by atoms with E-state index in [4.69, 9.17) is 11.6 Å². The van der Waals surface area contributed by atoms with Gasteiger partial charge in [-0.3, -0.25) is 4.98 Å². The van der Waals surface area contributed by atoms with Crippen LogP contribution in [-0.4, -0.2) is 19.5 Å². The molecule has 6 heteroatoms. The normalized spacial score (nSPS) is 11.1. The maximum absolute atomic E-state index is 5.97. The van der Waals surface area contributed by atoms with Crippen molar-refractivity contribution < 1.29 is 0 Å². The minimum atomic E-state index is 0.222. The summed E-state index contributed by atoms with van der Waals surface area (Å²) >= 11 is 5.97. The second kappa shape index (κ2) is 5.16. The fourth-order valence-corrected chi connectivity index (χ4v) is 3.18. The maximum atomic E-state index is 5.97. The van der Waals surface area contributed by atoms with Gasteiger partial charge in [0.15, 0.2) is 0 Å². The molecule has 4 nitrogen and oxygen atoms in total. The quantitative estimate of drug-likeness (QED) is 0.298. The van der Waals surface area contributed by atoms with Gasteiger partial charge in [0.2, 0.25) is 5.28 Å². The van der Waals surface area contributed by atoms with Crippen LogP contribution in [0.4, 0.5) is 0 Å². The van der Waals surface area contributed by atoms with Gasteiger partial charge in [0.25, 0.3) is 0 Å². The van der Waals surface area contributed by atoms with Crippen molar-refractivity contribution in [1.29, 1.82) is 0 Å². The summed E-state index contributed by atoms with van der Waals surface area (Å²) in [5, 5.41) is 2.98. The van der Waals surface area contributed by atoms with Gasteiger partial charge < -0.3 is 4.57 Å². The minimum absolute atomic E-state index is 0.222. The second-order valence-corrected chi connectivity index (χ2v) is 5.63. The molecular formula is C16H10ClN4P. The van der Waals surface area contributed by atoms with E-state index >= 15 is 0 Å². The third kappa shape index (κ3) is 2.00. The smallest absolute Gasteiger partial charge is 0.222 e. The van der Waals surface area contributed by atoms with Crippen LogP contribution in [0.3, 0.4) is 0 Å². The van der Waals surface area contributed by atoms with E-state index in [-0.39, 0.29) is 5.28 Å². The van der Waals surface area contributed by atoms with Gasteiger partial charge in [0.05, 0.1) is 16.8 Å². The van der Waals surface area contributed by atoms with Crippen LogP contribution in [-0.2, 0) is 0 Å². The highest BCUT2D eigenvalue weighted by atomic mass is 35.5. The Morgan fingerprint density at radius 2 is 1.82 bits per heavy atom. The summed E-state index contributed by atoms with van der Waals surface area (Å²) in [6.07, 6.45) is 5.34. The number of aromatic nitrogens is 4. The van der Waals surface area contributed by atoms with Crippen LogP contribution in [0, 0.1) is 5.07 Å². The van der Waals surface area contributed by atoms with E-state index in [9.17, 15) is 0 Å². The van der Waals surface area contributed by atoms with Gasteiger partial charge in [-0.2, -0.15) is 0 Å². The number of benzene rings is 1. The van der Waals surface area contributed by atoms with Crippen LogP contribution in [0.5, 0.6) is 0 Å². The summed E-state index contributed by atoms with van der Waals surface area (Å²) in [4.78, 5) is 12.7. The number of hydrogen-bond acceptors (Lipinski definition) is 3. The van der Waals surface area contributed by atoms with Crippen LogP contribution in [0.15, 0.2) is 55.0 Å². The Labute approximate surface area is 133 Å². The highest BCUT2D eigenvalue weighted by Crippen LogP contribution is 2.28. The molecule has 0 amide bonds. The summed E-state index contributed by atoms with van der Waals surface area (Å²) < 4.78 is 2.06. The highest BCUT2D eigenvalue weighted by molar-refractivity contribution is 7.07. The molecule has 0 saturated carbocycles. The summed E-state index contributed by atoms with van der Waals surface area (Å²) in [6, 6.07) is 12.0. The molecule has 3 aromatic heterocycles. The number of hydrogen-bond donors (Lipinski definition) is 0. The maximum Gasteiger partial charge on any atom is 0.222 e. The van der Waals surface area contributed by atoms with Gasteiger partial charge in [0, 0.05) is 28.9 Å². The molecule has 0 unspecified atom stereocenters. The lowest BCUT2D eigenvalue weighted by atomic mass is 10.1. The third-order valence-electron chi connectivity index (χ3n) is 3.55. The molecule has 0 spiro atoms. The zero-order chi connectivity index (χ0) is 15.1. The average Bonchev–Trinajstić information content (AvgIpc) is 2.56. The van der Waals surface area contributed by atoms with Crippen molar-refractivity contribution in [3.8, 4) is 5.69 Å². The zero-order valence-corrected chi connectivity index (χ0v) is 13.1. The van der Waals surface area contributed by atoms with Gasteiger partial charge in [-0.1, -0.05) is 27.1 Å². The first-order valence-electron chi connectivity index (χ1n) is 6.67. The Kier molecular flexibility index (Phi) is 3.14. The van der Waals surface area contributed by atoms with Gasteiger partial charge in [-0.25, -0.2) is 9.97 Å². The molecule has 0 N–H and O–H groups in total. The van der Waals surface area contributed by atoms with E-state index in [1.165, 1.54) is 0 Å². The Hall–Kier alpha value is -2.29. The fraction of sp³-hybridized carbons (Fsp3) is 0. The van der Waals surface area contributed by atoms with Crippen LogP contribution in [0.25, 0.3) is 27.5 Å². The monoisotopic (exact) mass is 324 g/mol. The van der Waals surface area contributed by atoms with E-state index < -0.39 is 0 Å². The van der Waals surface area contributed by atoms with Crippen LogP contribution >= 0.6 is 20.5 Å². The molecule has 0 bridgehead atoms. The lowest BCUT2D eigenvalue weighted by Crippen LogP contribution is -2.02. The SMILES string of the molecule is P=c1c2nc(Cl)ncc2c2ccncc2n1-c1ccccc1. The molecule has 0 aliphatic rings. The molecule has 0 radical (unpaired) electrons. The van der Waals surface area contributed by atoms with E-state index in [0.29, 0.717) is 0 Å². The highest BCUT2D eigenvalue weighted by Gasteiger charge is 2.11. The number of fused-ring (bicyclic) bond motifs is 3. The van der Waals surface area contributed by atoms with E-state index in [1.54, 1.807) is 12.4 Å². The first-order valence-corrected chi connectivity index (χ1v) is 7.54. The molecule has 0 aliphatic carbocycles. The lowest BCUT2D eigenvalue weighted by molar-refractivity contribution is 1.07. The molecule has 106 valence electrons. The fourth-order valence-electron chi connectivity index (χ4n) is 2.60. The first-order chi connectivity index (χ1) is 10.8. The molecule has 4 rings (SSSR count). The van der Waals surface area contributed by atoms with Crippen molar-refractivity contribution in [3.63, 3.8) is 0 Å². The van der Waals surface area contributed by atoms with Crippen molar-refractivity contribution in [2.24, 2.45) is 0 Å². The van der Waals surface area contributed by atoms with Crippen LogP contribution < -0.4 is 0 Å². The Morgan fingerprint density at radius 3 is 2.64 bits per heavy atom. The number of halogens is 1. The minimum Gasteiger partial charge on any atom is -0.303 e. The Bertz CT molecular complexity index is 1060. The predicted molar refractivity (Wildman–Crippen MR) is 90.7 cm³/mol. The van der Waals surface area contributed by atoms with Crippen molar-refractivity contribution >= 4 is 42.3 Å². The molecule has 3 heterocycles. The molecule has 0 atom stereocenters. The number of pyridine rings is 2. The molecule has 0 fully saturated rings.